The number of carbonyl (C=O) groups is 1. The number of rotatable bonds is 5. The first-order chi connectivity index (χ1) is 8.75. The van der Waals surface area contributed by atoms with Gasteiger partial charge in [-0.1, -0.05) is 6.08 Å². The van der Waals surface area contributed by atoms with Crippen LogP contribution in [0.25, 0.3) is 0 Å². The first-order valence-electron chi connectivity index (χ1n) is 5.70. The molecule has 108 valence electrons. The predicted molar refractivity (Wildman–Crippen MR) is 68.3 cm³/mol. The summed E-state index contributed by atoms with van der Waals surface area (Å²) in [6.07, 6.45) is 0.571. The highest BCUT2D eigenvalue weighted by Gasteiger charge is 2.38. The highest BCUT2D eigenvalue weighted by atomic mass is 31.2. The summed E-state index contributed by atoms with van der Waals surface area (Å²) in [6.45, 7) is 4.92. The Bertz CT molecular complexity index is 429. The Balaban J connectivity index is 2.95. The molecule has 0 bridgehead atoms. The number of aliphatic hydroxyl groups excluding tert-OH is 1. The van der Waals surface area contributed by atoms with Crippen LogP contribution in [0.1, 0.15) is 13.3 Å². The van der Waals surface area contributed by atoms with E-state index in [-0.39, 0.29) is 24.2 Å². The molecule has 0 aliphatic heterocycles. The summed E-state index contributed by atoms with van der Waals surface area (Å²) < 4.78 is 16.6. The maximum atomic E-state index is 11.2. The van der Waals surface area contributed by atoms with E-state index in [0.29, 0.717) is 0 Å². The highest BCUT2D eigenvalue weighted by molar-refractivity contribution is 7.56. The van der Waals surface area contributed by atoms with Crippen molar-refractivity contribution < 1.29 is 29.0 Å². The fourth-order valence-corrected chi connectivity index (χ4v) is 2.67. The van der Waals surface area contributed by atoms with Crippen LogP contribution in [0.3, 0.4) is 0 Å². The second-order valence-corrected chi connectivity index (χ2v) is 5.95. The maximum Gasteiger partial charge on any atom is 0.352 e. The molecule has 0 unspecified atom stereocenters. The van der Waals surface area contributed by atoms with E-state index in [9.17, 15) is 14.5 Å². The van der Waals surface area contributed by atoms with Gasteiger partial charge in [-0.05, 0) is 6.08 Å². The molecule has 1 aliphatic carbocycles. The lowest BCUT2D eigenvalue weighted by Crippen LogP contribution is -2.52. The van der Waals surface area contributed by atoms with Crippen molar-refractivity contribution in [3.63, 3.8) is 0 Å². The third kappa shape index (κ3) is 4.56. The molecule has 1 rings (SSSR count). The lowest BCUT2D eigenvalue weighted by atomic mass is 9.95. The minimum atomic E-state index is -4.43. The third-order valence-electron chi connectivity index (χ3n) is 2.71. The fourth-order valence-electron chi connectivity index (χ4n) is 1.91. The van der Waals surface area contributed by atoms with Crippen LogP contribution in [0.5, 0.6) is 0 Å². The van der Waals surface area contributed by atoms with E-state index in [0.717, 1.165) is 6.08 Å². The van der Waals surface area contributed by atoms with Gasteiger partial charge in [-0.3, -0.25) is 9.36 Å². The number of ether oxygens (including phenoxy) is 1. The van der Waals surface area contributed by atoms with Crippen LogP contribution in [0.4, 0.5) is 0 Å². The number of amides is 1. The standard InChI is InChI=1S/C11H18NO6P/c1-3-4-18-10-6-8(19(15,16)17)5-9(14)11(10)12-7(2)13/h3,5,9-11,14H,1,4,6H2,2H3,(H,12,13)(H2,15,16,17)/t9-,10+,11+/m0/s1. The molecule has 0 heterocycles. The van der Waals surface area contributed by atoms with Crippen molar-refractivity contribution in [2.45, 2.75) is 31.6 Å². The largest absolute Gasteiger partial charge is 0.387 e. The summed E-state index contributed by atoms with van der Waals surface area (Å²) in [5.41, 5.74) is 0. The van der Waals surface area contributed by atoms with Gasteiger partial charge in [-0.2, -0.15) is 0 Å². The Labute approximate surface area is 111 Å². The summed E-state index contributed by atoms with van der Waals surface area (Å²) in [7, 11) is -4.43. The van der Waals surface area contributed by atoms with Crippen LogP contribution in [-0.2, 0) is 14.1 Å². The molecule has 8 heteroatoms. The average molecular weight is 291 g/mol. The van der Waals surface area contributed by atoms with Crippen LogP contribution in [0.15, 0.2) is 24.0 Å². The first kappa shape index (κ1) is 16.1. The molecule has 1 amide bonds. The molecule has 0 radical (unpaired) electrons. The highest BCUT2D eigenvalue weighted by Crippen LogP contribution is 2.49. The number of carbonyl (C=O) groups excluding carboxylic acids is 1. The van der Waals surface area contributed by atoms with Crippen molar-refractivity contribution in [2.24, 2.45) is 0 Å². The normalized spacial score (nSPS) is 27.6. The van der Waals surface area contributed by atoms with Crippen LogP contribution in [-0.4, -0.2) is 45.7 Å². The topological polar surface area (TPSA) is 116 Å². The van der Waals surface area contributed by atoms with E-state index in [1.807, 2.05) is 0 Å². The van der Waals surface area contributed by atoms with Crippen LogP contribution < -0.4 is 5.32 Å². The predicted octanol–water partition coefficient (Wildman–Crippen LogP) is -0.112. The van der Waals surface area contributed by atoms with Gasteiger partial charge in [0, 0.05) is 18.7 Å². The molecule has 0 spiro atoms. The summed E-state index contributed by atoms with van der Waals surface area (Å²) in [5.74, 6) is -0.357. The van der Waals surface area contributed by atoms with E-state index in [1.165, 1.54) is 13.0 Å². The van der Waals surface area contributed by atoms with E-state index in [2.05, 4.69) is 11.9 Å². The van der Waals surface area contributed by atoms with Gasteiger partial charge < -0.3 is 24.9 Å². The SMILES string of the molecule is C=CCO[C@@H]1CC(P(=O)(O)O)=C[C@H](O)[C@H]1NC(C)=O. The zero-order valence-corrected chi connectivity index (χ0v) is 11.4. The van der Waals surface area contributed by atoms with Crippen LogP contribution in [0, 0.1) is 0 Å². The molecular weight excluding hydrogens is 273 g/mol. The van der Waals surface area contributed by atoms with E-state index in [4.69, 9.17) is 14.5 Å². The van der Waals surface area contributed by atoms with Gasteiger partial charge >= 0.3 is 7.60 Å². The Morgan fingerprint density at radius 3 is 2.79 bits per heavy atom. The number of hydrogen-bond donors (Lipinski definition) is 4. The van der Waals surface area contributed by atoms with Crippen molar-refractivity contribution in [1.29, 1.82) is 0 Å². The number of nitrogens with one attached hydrogen (secondary N) is 1. The molecule has 4 N–H and O–H groups in total. The van der Waals surface area contributed by atoms with Gasteiger partial charge in [-0.25, -0.2) is 0 Å². The van der Waals surface area contributed by atoms with Gasteiger partial charge in [0.1, 0.15) is 0 Å². The molecule has 0 aromatic rings. The smallest absolute Gasteiger partial charge is 0.352 e. The molecule has 3 atom stereocenters. The Morgan fingerprint density at radius 2 is 2.32 bits per heavy atom. The van der Waals surface area contributed by atoms with Crippen molar-refractivity contribution in [1.82, 2.24) is 5.32 Å². The van der Waals surface area contributed by atoms with Crippen molar-refractivity contribution in [3.8, 4) is 0 Å². The lowest BCUT2D eigenvalue weighted by molar-refractivity contribution is -0.122. The molecule has 0 saturated heterocycles. The zero-order valence-electron chi connectivity index (χ0n) is 10.5. The molecule has 19 heavy (non-hydrogen) atoms. The molecule has 7 nitrogen and oxygen atoms in total. The Hall–Kier alpha value is -0.980. The van der Waals surface area contributed by atoms with Crippen molar-refractivity contribution >= 4 is 13.5 Å². The summed E-state index contributed by atoms with van der Waals surface area (Å²) >= 11 is 0. The van der Waals surface area contributed by atoms with Crippen molar-refractivity contribution in [2.75, 3.05) is 6.61 Å². The maximum absolute atomic E-state index is 11.2. The molecular formula is C11H18NO6P. The van der Waals surface area contributed by atoms with Crippen LogP contribution >= 0.6 is 7.60 Å². The third-order valence-corrected chi connectivity index (χ3v) is 3.79. The van der Waals surface area contributed by atoms with Crippen molar-refractivity contribution in [3.05, 3.63) is 24.0 Å². The second-order valence-electron chi connectivity index (χ2n) is 4.28. The molecule has 1 aliphatic rings. The minimum absolute atomic E-state index is 0.0554. The van der Waals surface area contributed by atoms with E-state index in [1.54, 1.807) is 0 Å². The molecule has 0 aromatic carbocycles. The van der Waals surface area contributed by atoms with Gasteiger partial charge in [0.15, 0.2) is 0 Å². The number of hydrogen-bond acceptors (Lipinski definition) is 4. The summed E-state index contributed by atoms with van der Waals surface area (Å²) in [5, 5.41) is 12.2. The molecule has 0 fully saturated rings. The van der Waals surface area contributed by atoms with Gasteiger partial charge in [0.25, 0.3) is 0 Å². The van der Waals surface area contributed by atoms with Gasteiger partial charge in [-0.15, -0.1) is 6.58 Å². The monoisotopic (exact) mass is 291 g/mol. The fraction of sp³-hybridized carbons (Fsp3) is 0.545. The quantitative estimate of drug-likeness (QED) is 0.415. The average Bonchev–Trinajstić information content (AvgIpc) is 2.27. The van der Waals surface area contributed by atoms with Gasteiger partial charge in [0.2, 0.25) is 5.91 Å². The summed E-state index contributed by atoms with van der Waals surface area (Å²) in [4.78, 5) is 29.4. The Morgan fingerprint density at radius 1 is 1.68 bits per heavy atom. The summed E-state index contributed by atoms with van der Waals surface area (Å²) in [6, 6.07) is -0.743. The van der Waals surface area contributed by atoms with E-state index < -0.39 is 25.8 Å². The lowest BCUT2D eigenvalue weighted by Gasteiger charge is -2.34. The van der Waals surface area contributed by atoms with E-state index >= 15 is 0 Å². The number of aliphatic hydroxyl groups is 1. The zero-order chi connectivity index (χ0) is 14.6. The second kappa shape index (κ2) is 6.45. The first-order valence-corrected chi connectivity index (χ1v) is 7.31. The van der Waals surface area contributed by atoms with Gasteiger partial charge in [0.05, 0.1) is 24.9 Å². The molecule has 0 aromatic heterocycles. The van der Waals surface area contributed by atoms with Crippen LogP contribution in [0.2, 0.25) is 0 Å². The molecule has 0 saturated carbocycles. The minimum Gasteiger partial charge on any atom is -0.387 e. The Kier molecular flexibility index (Phi) is 5.46.